The Hall–Kier alpha value is -4.15. The summed E-state index contributed by atoms with van der Waals surface area (Å²) in [6.45, 7) is 0.0481. The first-order chi connectivity index (χ1) is 15.7. The third-order valence-electron chi connectivity index (χ3n) is 5.52. The van der Waals surface area contributed by atoms with Crippen LogP contribution in [0.5, 0.6) is 5.75 Å². The minimum Gasteiger partial charge on any atom is -0.493 e. The number of piperidine rings is 1. The zero-order valence-corrected chi connectivity index (χ0v) is 17.2. The summed E-state index contributed by atoms with van der Waals surface area (Å²) in [5, 5.41) is 4.24. The summed E-state index contributed by atoms with van der Waals surface area (Å²) in [5.41, 5.74) is -0.0454. The Morgan fingerprint density at radius 2 is 1.82 bits per heavy atom. The largest absolute Gasteiger partial charge is 0.493 e. The normalized spacial score (nSPS) is 17.5. The molecule has 0 aliphatic carbocycles. The molecule has 2 aromatic rings. The number of ether oxygens (including phenoxy) is 1. The van der Waals surface area contributed by atoms with Crippen LogP contribution in [0.25, 0.3) is 0 Å². The van der Waals surface area contributed by atoms with Crippen LogP contribution in [-0.2, 0) is 16.1 Å². The molecule has 33 heavy (non-hydrogen) atoms. The van der Waals surface area contributed by atoms with Gasteiger partial charge in [-0.15, -0.1) is 0 Å². The fraction of sp³-hybridized carbons (Fsp3) is 0.227. The maximum atomic E-state index is 13.9. The average Bonchev–Trinajstić information content (AvgIpc) is 3.11. The van der Waals surface area contributed by atoms with Crippen molar-refractivity contribution in [2.24, 2.45) is 0 Å². The van der Waals surface area contributed by atoms with Crippen LogP contribution in [0.2, 0.25) is 0 Å². The summed E-state index contributed by atoms with van der Waals surface area (Å²) in [7, 11) is 1.04. The van der Waals surface area contributed by atoms with Crippen molar-refractivity contribution < 1.29 is 37.5 Å². The molecule has 1 saturated heterocycles. The number of nitrogens with one attached hydrogen (secondary N) is 2. The number of halogens is 2. The van der Waals surface area contributed by atoms with Crippen molar-refractivity contribution in [1.29, 1.82) is 0 Å². The molecule has 0 aromatic heterocycles. The lowest BCUT2D eigenvalue weighted by Gasteiger charge is -2.29. The number of hydrogen-bond donors (Lipinski definition) is 2. The Kier molecular flexibility index (Phi) is 5.62. The highest BCUT2D eigenvalue weighted by atomic mass is 19.2. The lowest BCUT2D eigenvalue weighted by Crippen LogP contribution is -2.52. The molecule has 2 N–H and O–H groups in total. The van der Waals surface area contributed by atoms with E-state index >= 15 is 0 Å². The molecule has 1 unspecified atom stereocenters. The third kappa shape index (κ3) is 3.81. The third-order valence-corrected chi connectivity index (χ3v) is 5.52. The van der Waals surface area contributed by atoms with E-state index in [4.69, 9.17) is 4.74 Å². The van der Waals surface area contributed by atoms with Gasteiger partial charge in [-0.05, 0) is 30.2 Å². The lowest BCUT2D eigenvalue weighted by atomic mass is 10.0. The molecule has 0 bridgehead atoms. The van der Waals surface area contributed by atoms with Gasteiger partial charge in [0.05, 0.1) is 23.8 Å². The van der Waals surface area contributed by atoms with Gasteiger partial charge >= 0.3 is 0 Å². The van der Waals surface area contributed by atoms with Crippen LogP contribution in [0.3, 0.4) is 0 Å². The summed E-state index contributed by atoms with van der Waals surface area (Å²) >= 11 is 0. The monoisotopic (exact) mass is 457 g/mol. The first kappa shape index (κ1) is 22.1. The SMILES string of the molecule is COc1c(C(=O)NC(=O)c2cccc3c2C(=O)N(C2CCC(=O)NC2=O)C3)ccc(F)c1F. The molecule has 0 saturated carbocycles. The molecule has 0 spiro atoms. The first-order valence-corrected chi connectivity index (χ1v) is 9.87. The van der Waals surface area contributed by atoms with E-state index in [0.717, 1.165) is 19.2 Å². The Morgan fingerprint density at radius 3 is 2.52 bits per heavy atom. The van der Waals surface area contributed by atoms with Crippen LogP contribution >= 0.6 is 0 Å². The molecular weight excluding hydrogens is 440 g/mol. The van der Waals surface area contributed by atoms with Gasteiger partial charge in [-0.25, -0.2) is 4.39 Å². The van der Waals surface area contributed by atoms with Gasteiger partial charge in [-0.1, -0.05) is 12.1 Å². The van der Waals surface area contributed by atoms with Crippen molar-refractivity contribution in [3.8, 4) is 5.75 Å². The second-order valence-corrected chi connectivity index (χ2v) is 7.47. The number of methoxy groups -OCH3 is 1. The average molecular weight is 457 g/mol. The van der Waals surface area contributed by atoms with Crippen LogP contribution < -0.4 is 15.4 Å². The maximum Gasteiger partial charge on any atom is 0.261 e. The number of amides is 5. The van der Waals surface area contributed by atoms with E-state index in [1.54, 1.807) is 6.07 Å². The van der Waals surface area contributed by atoms with Crippen LogP contribution in [0.4, 0.5) is 8.78 Å². The number of hydrogen-bond acceptors (Lipinski definition) is 6. The molecule has 1 fully saturated rings. The predicted octanol–water partition coefficient (Wildman–Crippen LogP) is 1.30. The van der Waals surface area contributed by atoms with Crippen LogP contribution in [0, 0.1) is 11.6 Å². The van der Waals surface area contributed by atoms with E-state index in [1.807, 2.05) is 0 Å². The Balaban J connectivity index is 1.59. The van der Waals surface area contributed by atoms with Crippen LogP contribution in [0.15, 0.2) is 30.3 Å². The second kappa shape index (κ2) is 8.41. The summed E-state index contributed by atoms with van der Waals surface area (Å²) in [6, 6.07) is 5.26. The van der Waals surface area contributed by atoms with Crippen molar-refractivity contribution >= 4 is 29.5 Å². The van der Waals surface area contributed by atoms with Gasteiger partial charge in [0.2, 0.25) is 17.6 Å². The number of nitrogens with zero attached hydrogens (tertiary/aromatic N) is 1. The molecule has 2 aliphatic rings. The van der Waals surface area contributed by atoms with Crippen molar-refractivity contribution in [3.05, 3.63) is 64.2 Å². The Bertz CT molecular complexity index is 1230. The lowest BCUT2D eigenvalue weighted by molar-refractivity contribution is -0.136. The van der Waals surface area contributed by atoms with Crippen LogP contribution in [-0.4, -0.2) is 47.6 Å². The fourth-order valence-electron chi connectivity index (χ4n) is 3.95. The summed E-state index contributed by atoms with van der Waals surface area (Å²) < 4.78 is 32.1. The minimum absolute atomic E-state index is 0.0183. The molecular formula is C22H17F2N3O6. The molecule has 0 radical (unpaired) electrons. The molecule has 4 rings (SSSR count). The maximum absolute atomic E-state index is 13.9. The molecule has 2 heterocycles. The molecule has 2 aromatic carbocycles. The van der Waals surface area contributed by atoms with Gasteiger partial charge in [0.15, 0.2) is 11.6 Å². The molecule has 1 atom stereocenters. The molecule has 5 amide bonds. The minimum atomic E-state index is -1.38. The van der Waals surface area contributed by atoms with E-state index < -0.39 is 58.5 Å². The van der Waals surface area contributed by atoms with Gasteiger partial charge in [-0.3, -0.25) is 34.6 Å². The topological polar surface area (TPSA) is 122 Å². The Morgan fingerprint density at radius 1 is 1.09 bits per heavy atom. The van der Waals surface area contributed by atoms with Crippen molar-refractivity contribution in [3.63, 3.8) is 0 Å². The summed E-state index contributed by atoms with van der Waals surface area (Å²) in [5.74, 6) is -6.89. The van der Waals surface area contributed by atoms with Gasteiger partial charge < -0.3 is 9.64 Å². The number of carbonyl (C=O) groups excluding carboxylic acids is 5. The Labute approximate surface area is 185 Å². The van der Waals surface area contributed by atoms with E-state index in [-0.39, 0.29) is 30.5 Å². The highest BCUT2D eigenvalue weighted by Crippen LogP contribution is 2.30. The molecule has 11 heteroatoms. The quantitative estimate of drug-likeness (QED) is 0.668. The smallest absolute Gasteiger partial charge is 0.261 e. The van der Waals surface area contributed by atoms with E-state index in [0.29, 0.717) is 5.56 Å². The highest BCUT2D eigenvalue weighted by molar-refractivity contribution is 6.16. The first-order valence-electron chi connectivity index (χ1n) is 9.87. The van der Waals surface area contributed by atoms with Crippen molar-refractivity contribution in [2.45, 2.75) is 25.4 Å². The molecule has 2 aliphatic heterocycles. The van der Waals surface area contributed by atoms with Gasteiger partial charge in [0.1, 0.15) is 6.04 Å². The fourth-order valence-corrected chi connectivity index (χ4v) is 3.95. The number of rotatable bonds is 4. The van der Waals surface area contributed by atoms with E-state index in [9.17, 15) is 32.8 Å². The number of imide groups is 2. The van der Waals surface area contributed by atoms with Crippen LogP contribution in [0.1, 0.15) is 49.5 Å². The van der Waals surface area contributed by atoms with Gasteiger partial charge in [0, 0.05) is 13.0 Å². The molecule has 170 valence electrons. The highest BCUT2D eigenvalue weighted by Gasteiger charge is 2.41. The number of fused-ring (bicyclic) bond motifs is 1. The standard InChI is InChI=1S/C22H17F2N3O6/c1-33-18-12(5-6-13(23)17(18)24)20(30)26-19(29)11-4-2-3-10-9-27(22(32)16(10)11)14-7-8-15(28)25-21(14)31/h2-6,14H,7-9H2,1H3,(H,25,28,31)(H,26,29,30). The van der Waals surface area contributed by atoms with Gasteiger partial charge in [0.25, 0.3) is 17.7 Å². The summed E-state index contributed by atoms with van der Waals surface area (Å²) in [4.78, 5) is 63.3. The van der Waals surface area contributed by atoms with Gasteiger partial charge in [-0.2, -0.15) is 4.39 Å². The second-order valence-electron chi connectivity index (χ2n) is 7.47. The van der Waals surface area contributed by atoms with Crippen molar-refractivity contribution in [1.82, 2.24) is 15.5 Å². The molecule has 9 nitrogen and oxygen atoms in total. The summed E-state index contributed by atoms with van der Waals surface area (Å²) in [6.07, 6.45) is 0.231. The van der Waals surface area contributed by atoms with E-state index in [1.165, 1.54) is 17.0 Å². The van der Waals surface area contributed by atoms with Crippen molar-refractivity contribution in [2.75, 3.05) is 7.11 Å². The number of carbonyl (C=O) groups is 5. The van der Waals surface area contributed by atoms with E-state index in [2.05, 4.69) is 10.6 Å². The number of benzene rings is 2. The predicted molar refractivity (Wildman–Crippen MR) is 107 cm³/mol. The zero-order valence-electron chi connectivity index (χ0n) is 17.2. The zero-order chi connectivity index (χ0) is 23.9.